The Morgan fingerprint density at radius 3 is 2.55 bits per heavy atom. The molecule has 0 saturated heterocycles. The number of hydrogen-bond acceptors (Lipinski definition) is 2. The van der Waals surface area contributed by atoms with Gasteiger partial charge >= 0.3 is 0 Å². The average Bonchev–Trinajstić information content (AvgIpc) is 2.46. The number of para-hydroxylation sites is 1. The third-order valence-electron chi connectivity index (χ3n) is 2.84. The number of rotatable bonds is 7. The molecule has 0 fully saturated rings. The van der Waals surface area contributed by atoms with Crippen LogP contribution in [0.2, 0.25) is 0 Å². The van der Waals surface area contributed by atoms with E-state index >= 15 is 0 Å². The van der Waals surface area contributed by atoms with Gasteiger partial charge in [0.15, 0.2) is 0 Å². The Hall–Kier alpha value is -1.94. The molecule has 0 atom stereocenters. The number of halogens is 2. The highest BCUT2D eigenvalue weighted by molar-refractivity contribution is 5.21. The molecule has 0 radical (unpaired) electrons. The molecule has 0 bridgehead atoms. The van der Waals surface area contributed by atoms with Crippen LogP contribution in [0.3, 0.4) is 0 Å². The van der Waals surface area contributed by atoms with E-state index in [2.05, 4.69) is 5.32 Å². The lowest BCUT2D eigenvalue weighted by Gasteiger charge is -2.08. The summed E-state index contributed by atoms with van der Waals surface area (Å²) in [7, 11) is 0. The number of ether oxygens (including phenoxy) is 1. The first-order valence-corrected chi connectivity index (χ1v) is 6.58. The van der Waals surface area contributed by atoms with Crippen LogP contribution in [0.1, 0.15) is 12.0 Å². The van der Waals surface area contributed by atoms with Gasteiger partial charge in [0.1, 0.15) is 17.4 Å². The van der Waals surface area contributed by atoms with E-state index in [4.69, 9.17) is 4.74 Å². The summed E-state index contributed by atoms with van der Waals surface area (Å²) in [5.74, 6) is -0.224. The van der Waals surface area contributed by atoms with E-state index in [0.29, 0.717) is 25.3 Å². The van der Waals surface area contributed by atoms with Gasteiger partial charge in [-0.25, -0.2) is 8.78 Å². The predicted octanol–water partition coefficient (Wildman–Crippen LogP) is 3.52. The Morgan fingerprint density at radius 1 is 1.00 bits per heavy atom. The summed E-state index contributed by atoms with van der Waals surface area (Å²) in [4.78, 5) is 0. The number of hydrogen-bond donors (Lipinski definition) is 1. The zero-order chi connectivity index (χ0) is 14.2. The molecule has 2 aromatic rings. The van der Waals surface area contributed by atoms with Gasteiger partial charge in [0.2, 0.25) is 0 Å². The molecule has 20 heavy (non-hydrogen) atoms. The lowest BCUT2D eigenvalue weighted by Crippen LogP contribution is -2.17. The average molecular weight is 277 g/mol. The standard InChI is InChI=1S/C16H17F2NO/c17-14-8-7-13(16(18)11-14)12-19-9-4-10-20-15-5-2-1-3-6-15/h1-3,5-8,11,19H,4,9-10,12H2. The molecule has 0 saturated carbocycles. The lowest BCUT2D eigenvalue weighted by atomic mass is 10.2. The summed E-state index contributed by atoms with van der Waals surface area (Å²) in [5, 5.41) is 3.11. The minimum Gasteiger partial charge on any atom is -0.494 e. The topological polar surface area (TPSA) is 21.3 Å². The van der Waals surface area contributed by atoms with Crippen molar-refractivity contribution in [2.24, 2.45) is 0 Å². The minimum absolute atomic E-state index is 0.386. The summed E-state index contributed by atoms with van der Waals surface area (Å²) in [6.45, 7) is 1.70. The second kappa shape index (κ2) is 7.60. The van der Waals surface area contributed by atoms with Crippen LogP contribution in [0.15, 0.2) is 48.5 Å². The molecule has 0 unspecified atom stereocenters. The van der Waals surface area contributed by atoms with Crippen LogP contribution in [0.5, 0.6) is 5.75 Å². The Balaban J connectivity index is 1.62. The maximum Gasteiger partial charge on any atom is 0.130 e. The van der Waals surface area contributed by atoms with E-state index in [-0.39, 0.29) is 0 Å². The second-order valence-electron chi connectivity index (χ2n) is 4.43. The second-order valence-corrected chi connectivity index (χ2v) is 4.43. The van der Waals surface area contributed by atoms with Crippen molar-refractivity contribution in [3.63, 3.8) is 0 Å². The molecule has 0 aliphatic carbocycles. The highest BCUT2D eigenvalue weighted by Crippen LogP contribution is 2.09. The van der Waals surface area contributed by atoms with Crippen LogP contribution in [0, 0.1) is 11.6 Å². The van der Waals surface area contributed by atoms with Gasteiger partial charge in [0, 0.05) is 18.2 Å². The van der Waals surface area contributed by atoms with Gasteiger partial charge in [0.25, 0.3) is 0 Å². The lowest BCUT2D eigenvalue weighted by molar-refractivity contribution is 0.308. The largest absolute Gasteiger partial charge is 0.494 e. The zero-order valence-corrected chi connectivity index (χ0v) is 11.1. The zero-order valence-electron chi connectivity index (χ0n) is 11.1. The summed E-state index contributed by atoms with van der Waals surface area (Å²) >= 11 is 0. The third kappa shape index (κ3) is 4.63. The number of benzene rings is 2. The van der Waals surface area contributed by atoms with Gasteiger partial charge < -0.3 is 10.1 Å². The molecule has 106 valence electrons. The van der Waals surface area contributed by atoms with Crippen molar-refractivity contribution in [2.45, 2.75) is 13.0 Å². The molecule has 4 heteroatoms. The molecule has 0 amide bonds. The summed E-state index contributed by atoms with van der Waals surface area (Å²) in [6.07, 6.45) is 0.817. The maximum absolute atomic E-state index is 13.3. The molecule has 2 nitrogen and oxygen atoms in total. The van der Waals surface area contributed by atoms with E-state index in [1.807, 2.05) is 30.3 Å². The van der Waals surface area contributed by atoms with Crippen LogP contribution in [0.4, 0.5) is 8.78 Å². The molecule has 0 aromatic heterocycles. The van der Waals surface area contributed by atoms with E-state index in [9.17, 15) is 8.78 Å². The highest BCUT2D eigenvalue weighted by Gasteiger charge is 2.02. The van der Waals surface area contributed by atoms with E-state index in [0.717, 1.165) is 18.2 Å². The van der Waals surface area contributed by atoms with E-state index in [1.165, 1.54) is 12.1 Å². The molecule has 2 rings (SSSR count). The smallest absolute Gasteiger partial charge is 0.130 e. The van der Waals surface area contributed by atoms with Gasteiger partial charge in [-0.05, 0) is 31.2 Å². The SMILES string of the molecule is Fc1ccc(CNCCCOc2ccccc2)c(F)c1. The Morgan fingerprint density at radius 2 is 1.80 bits per heavy atom. The highest BCUT2D eigenvalue weighted by atomic mass is 19.1. The predicted molar refractivity (Wildman–Crippen MR) is 74.6 cm³/mol. The quantitative estimate of drug-likeness (QED) is 0.782. The molecule has 0 aliphatic heterocycles. The Bertz CT molecular complexity index is 531. The normalized spacial score (nSPS) is 10.5. The number of nitrogens with one attached hydrogen (secondary N) is 1. The first kappa shape index (κ1) is 14.5. The van der Waals surface area contributed by atoms with E-state index in [1.54, 1.807) is 0 Å². The maximum atomic E-state index is 13.3. The fraction of sp³-hybridized carbons (Fsp3) is 0.250. The molecule has 0 aliphatic rings. The minimum atomic E-state index is -0.553. The van der Waals surface area contributed by atoms with Crippen molar-refractivity contribution in [3.8, 4) is 5.75 Å². The summed E-state index contributed by atoms with van der Waals surface area (Å²) in [6, 6.07) is 13.2. The van der Waals surface area contributed by atoms with Gasteiger partial charge in [-0.15, -0.1) is 0 Å². The van der Waals surface area contributed by atoms with Gasteiger partial charge in [0.05, 0.1) is 6.61 Å². The Labute approximate surface area is 117 Å². The van der Waals surface area contributed by atoms with Crippen LogP contribution < -0.4 is 10.1 Å². The van der Waals surface area contributed by atoms with Crippen molar-refractivity contribution in [2.75, 3.05) is 13.2 Å². The first-order valence-electron chi connectivity index (χ1n) is 6.58. The van der Waals surface area contributed by atoms with Crippen LogP contribution in [-0.4, -0.2) is 13.2 Å². The van der Waals surface area contributed by atoms with Gasteiger partial charge in [-0.3, -0.25) is 0 Å². The van der Waals surface area contributed by atoms with Crippen molar-refractivity contribution < 1.29 is 13.5 Å². The summed E-state index contributed by atoms with van der Waals surface area (Å²) < 4.78 is 31.6. The third-order valence-corrected chi connectivity index (χ3v) is 2.84. The van der Waals surface area contributed by atoms with Crippen LogP contribution >= 0.6 is 0 Å². The van der Waals surface area contributed by atoms with Crippen molar-refractivity contribution in [3.05, 3.63) is 65.7 Å². The van der Waals surface area contributed by atoms with Crippen LogP contribution in [0.25, 0.3) is 0 Å². The molecule has 2 aromatic carbocycles. The van der Waals surface area contributed by atoms with Gasteiger partial charge in [-0.2, -0.15) is 0 Å². The molecular formula is C16H17F2NO. The van der Waals surface area contributed by atoms with Crippen molar-refractivity contribution in [1.82, 2.24) is 5.32 Å². The molecule has 0 spiro atoms. The van der Waals surface area contributed by atoms with Crippen LogP contribution in [-0.2, 0) is 6.54 Å². The summed E-state index contributed by atoms with van der Waals surface area (Å²) in [5.41, 5.74) is 0.468. The van der Waals surface area contributed by atoms with Crippen molar-refractivity contribution in [1.29, 1.82) is 0 Å². The molecular weight excluding hydrogens is 260 g/mol. The molecule has 0 heterocycles. The first-order chi connectivity index (χ1) is 9.75. The molecule has 1 N–H and O–H groups in total. The fourth-order valence-corrected chi connectivity index (χ4v) is 1.79. The van der Waals surface area contributed by atoms with Gasteiger partial charge in [-0.1, -0.05) is 24.3 Å². The van der Waals surface area contributed by atoms with Crippen molar-refractivity contribution >= 4 is 0 Å². The monoisotopic (exact) mass is 277 g/mol. The fourth-order valence-electron chi connectivity index (χ4n) is 1.79. The Kier molecular flexibility index (Phi) is 5.50. The van der Waals surface area contributed by atoms with E-state index < -0.39 is 11.6 Å².